The van der Waals surface area contributed by atoms with Gasteiger partial charge in [0.05, 0.1) is 12.3 Å². The molecule has 1 amide bonds. The average Bonchev–Trinajstić information content (AvgIpc) is 3.10. The summed E-state index contributed by atoms with van der Waals surface area (Å²) in [5.41, 5.74) is 2.35. The number of nitrogens with zero attached hydrogens (tertiary/aromatic N) is 4. The fourth-order valence-electron chi connectivity index (χ4n) is 4.33. The fraction of sp³-hybridized carbons (Fsp3) is 0.455. The highest BCUT2D eigenvalue weighted by Gasteiger charge is 2.39. The molecule has 2 aliphatic heterocycles. The van der Waals surface area contributed by atoms with Crippen molar-refractivity contribution in [1.82, 2.24) is 19.8 Å². The summed E-state index contributed by atoms with van der Waals surface area (Å²) < 4.78 is 0. The summed E-state index contributed by atoms with van der Waals surface area (Å²) in [6.45, 7) is 2.22. The Bertz CT molecular complexity index is 894. The van der Waals surface area contributed by atoms with Crippen molar-refractivity contribution in [2.75, 3.05) is 38.6 Å². The number of benzene rings is 1. The molecule has 0 saturated carbocycles. The second kappa shape index (κ2) is 10.8. The predicted octanol–water partition coefficient (Wildman–Crippen LogP) is 1.56. The largest absolute Gasteiger partial charge is 0.483 e. The van der Waals surface area contributed by atoms with E-state index < -0.39 is 0 Å². The van der Waals surface area contributed by atoms with Crippen molar-refractivity contribution in [3.05, 3.63) is 42.2 Å². The summed E-state index contributed by atoms with van der Waals surface area (Å²) in [5.74, 6) is 0.779. The monoisotopic (exact) mass is 427 g/mol. The van der Waals surface area contributed by atoms with Crippen LogP contribution in [0, 0.1) is 0 Å². The third-order valence-corrected chi connectivity index (χ3v) is 5.71. The Morgan fingerprint density at radius 2 is 2.00 bits per heavy atom. The van der Waals surface area contributed by atoms with Gasteiger partial charge in [-0.2, -0.15) is 0 Å². The molecule has 31 heavy (non-hydrogen) atoms. The summed E-state index contributed by atoms with van der Waals surface area (Å²) >= 11 is 0. The van der Waals surface area contributed by atoms with Gasteiger partial charge in [0, 0.05) is 42.4 Å². The number of aliphatic hydroxyl groups is 1. The van der Waals surface area contributed by atoms with Crippen LogP contribution in [-0.4, -0.2) is 87.7 Å². The van der Waals surface area contributed by atoms with E-state index in [1.54, 1.807) is 0 Å². The van der Waals surface area contributed by atoms with E-state index in [9.17, 15) is 4.79 Å². The smallest absolute Gasteiger partial charge is 0.290 e. The summed E-state index contributed by atoms with van der Waals surface area (Å²) in [6, 6.07) is 10.2. The number of carboxylic acid groups (broad SMARTS) is 1. The predicted molar refractivity (Wildman–Crippen MR) is 117 cm³/mol. The number of hydrogen-bond acceptors (Lipinski definition) is 7. The fourth-order valence-corrected chi connectivity index (χ4v) is 4.33. The lowest BCUT2D eigenvalue weighted by atomic mass is 10.1. The number of amides is 1. The Labute approximate surface area is 181 Å². The number of carbonyl (C=O) groups is 2. The van der Waals surface area contributed by atoms with E-state index >= 15 is 0 Å². The molecule has 2 aromatic rings. The Hall–Kier alpha value is -3.04. The molecule has 3 heterocycles. The first-order valence-electron chi connectivity index (χ1n) is 10.4. The van der Waals surface area contributed by atoms with E-state index in [2.05, 4.69) is 32.1 Å². The number of aromatic nitrogens is 2. The van der Waals surface area contributed by atoms with Crippen LogP contribution >= 0.6 is 0 Å². The first-order valence-corrected chi connectivity index (χ1v) is 10.4. The third kappa shape index (κ3) is 5.56. The van der Waals surface area contributed by atoms with Gasteiger partial charge in [0.2, 0.25) is 0 Å². The number of fused-ring (bicyclic) bond motifs is 2. The van der Waals surface area contributed by atoms with Crippen molar-refractivity contribution in [2.24, 2.45) is 0 Å². The lowest BCUT2D eigenvalue weighted by Crippen LogP contribution is -2.42. The van der Waals surface area contributed by atoms with Gasteiger partial charge < -0.3 is 25.3 Å². The van der Waals surface area contributed by atoms with Crippen LogP contribution in [0.1, 0.15) is 29.6 Å². The second-order valence-electron chi connectivity index (χ2n) is 7.77. The normalized spacial score (nSPS) is 20.4. The molecule has 2 saturated heterocycles. The topological polar surface area (TPSA) is 119 Å². The Morgan fingerprint density at radius 3 is 2.77 bits per heavy atom. The van der Waals surface area contributed by atoms with E-state index in [1.165, 1.54) is 6.33 Å². The van der Waals surface area contributed by atoms with Gasteiger partial charge >= 0.3 is 0 Å². The summed E-state index contributed by atoms with van der Waals surface area (Å²) in [7, 11) is 2.14. The number of rotatable bonds is 5. The molecule has 2 aliphatic rings. The molecule has 1 aromatic heterocycles. The highest BCUT2D eigenvalue weighted by atomic mass is 16.3. The molecule has 0 radical (unpaired) electrons. The van der Waals surface area contributed by atoms with Crippen LogP contribution in [0.2, 0.25) is 0 Å². The molecule has 0 aliphatic carbocycles. The third-order valence-electron chi connectivity index (χ3n) is 5.71. The molecule has 0 spiro atoms. The zero-order valence-corrected chi connectivity index (χ0v) is 17.6. The zero-order valence-electron chi connectivity index (χ0n) is 17.6. The van der Waals surface area contributed by atoms with Gasteiger partial charge in [0.1, 0.15) is 12.1 Å². The minimum Gasteiger partial charge on any atom is -0.483 e. The standard InChI is InChI=1S/C21H27N5O2.CH2O2/c1-25-9-7-17-5-6-18(13-25)26(17)21(28)16-4-2-3-15(11-16)19-12-20(22-8-10-27)24-14-23-19;2-1-3/h2-4,11-12,14,17-18,27H,5-10,13H2,1H3,(H,22,23,24);1H,(H,2,3)/t17-,18+;/m1./s1. The number of likely N-dealkylation sites (tertiary alicyclic amines) is 1. The number of nitrogens with one attached hydrogen (secondary N) is 1. The van der Waals surface area contributed by atoms with Gasteiger partial charge in [0.15, 0.2) is 0 Å². The first-order chi connectivity index (χ1) is 15.1. The summed E-state index contributed by atoms with van der Waals surface area (Å²) in [6.07, 6.45) is 4.74. The molecule has 166 valence electrons. The maximum atomic E-state index is 13.3. The Balaban J connectivity index is 0.000000858. The Kier molecular flexibility index (Phi) is 7.91. The molecule has 2 atom stereocenters. The summed E-state index contributed by atoms with van der Waals surface area (Å²) in [5, 5.41) is 18.9. The summed E-state index contributed by atoms with van der Waals surface area (Å²) in [4.78, 5) is 34.7. The van der Waals surface area contributed by atoms with Crippen LogP contribution < -0.4 is 5.32 Å². The molecule has 4 rings (SSSR count). The van der Waals surface area contributed by atoms with Gasteiger partial charge in [-0.3, -0.25) is 9.59 Å². The maximum absolute atomic E-state index is 13.3. The molecule has 2 bridgehead atoms. The minimum absolute atomic E-state index is 0.0384. The van der Waals surface area contributed by atoms with Gasteiger partial charge in [-0.1, -0.05) is 12.1 Å². The van der Waals surface area contributed by atoms with Gasteiger partial charge in [-0.25, -0.2) is 9.97 Å². The first kappa shape index (κ1) is 22.6. The highest BCUT2D eigenvalue weighted by molar-refractivity contribution is 5.96. The molecule has 2 fully saturated rings. The molecular formula is C22H29N5O4. The highest BCUT2D eigenvalue weighted by Crippen LogP contribution is 2.32. The SMILES string of the molecule is CN1CC[C@H]2CC[C@@H](C1)N2C(=O)c1cccc(-c2cc(NCCO)ncn2)c1.O=CO. The van der Waals surface area contributed by atoms with E-state index in [1.807, 2.05) is 30.3 Å². The molecule has 3 N–H and O–H groups in total. The van der Waals surface area contributed by atoms with Crippen LogP contribution in [0.15, 0.2) is 36.7 Å². The minimum atomic E-state index is -0.250. The van der Waals surface area contributed by atoms with Gasteiger partial charge in [-0.15, -0.1) is 0 Å². The molecule has 9 nitrogen and oxygen atoms in total. The zero-order chi connectivity index (χ0) is 22.2. The Morgan fingerprint density at radius 1 is 1.23 bits per heavy atom. The van der Waals surface area contributed by atoms with Crippen molar-refractivity contribution in [3.63, 3.8) is 0 Å². The van der Waals surface area contributed by atoms with Crippen molar-refractivity contribution in [3.8, 4) is 11.3 Å². The van der Waals surface area contributed by atoms with Crippen molar-refractivity contribution < 1.29 is 19.8 Å². The van der Waals surface area contributed by atoms with Crippen LogP contribution in [0.4, 0.5) is 5.82 Å². The molecule has 9 heteroatoms. The van der Waals surface area contributed by atoms with Gasteiger partial charge in [0.25, 0.3) is 12.4 Å². The van der Waals surface area contributed by atoms with Crippen LogP contribution in [0.5, 0.6) is 0 Å². The maximum Gasteiger partial charge on any atom is 0.290 e. The van der Waals surface area contributed by atoms with E-state index in [4.69, 9.17) is 15.0 Å². The van der Waals surface area contributed by atoms with Crippen LogP contribution in [-0.2, 0) is 4.79 Å². The second-order valence-corrected chi connectivity index (χ2v) is 7.77. The van der Waals surface area contributed by atoms with E-state index in [0.717, 1.165) is 43.6 Å². The number of likely N-dealkylation sites (N-methyl/N-ethyl adjacent to an activating group) is 1. The van der Waals surface area contributed by atoms with Crippen LogP contribution in [0.3, 0.4) is 0 Å². The average molecular weight is 428 g/mol. The number of carbonyl (C=O) groups excluding carboxylic acids is 1. The van der Waals surface area contributed by atoms with Crippen molar-refractivity contribution in [1.29, 1.82) is 0 Å². The van der Waals surface area contributed by atoms with E-state index in [-0.39, 0.29) is 19.0 Å². The number of anilines is 1. The number of aliphatic hydroxyl groups excluding tert-OH is 1. The lowest BCUT2D eigenvalue weighted by Gasteiger charge is -2.28. The molecule has 0 unspecified atom stereocenters. The molecule has 1 aromatic carbocycles. The number of hydrogen-bond donors (Lipinski definition) is 3. The lowest BCUT2D eigenvalue weighted by molar-refractivity contribution is -0.122. The van der Waals surface area contributed by atoms with Crippen molar-refractivity contribution in [2.45, 2.75) is 31.3 Å². The molecular weight excluding hydrogens is 398 g/mol. The van der Waals surface area contributed by atoms with Crippen molar-refractivity contribution >= 4 is 18.2 Å². The van der Waals surface area contributed by atoms with Gasteiger partial charge in [-0.05, 0) is 45.0 Å². The van der Waals surface area contributed by atoms with Crippen LogP contribution in [0.25, 0.3) is 11.3 Å². The van der Waals surface area contributed by atoms with E-state index in [0.29, 0.717) is 30.0 Å². The quantitative estimate of drug-likeness (QED) is 0.615.